The number of benzene rings is 2. The molecule has 1 heterocycles. The number of hydrogen-bond donors (Lipinski definition) is 3. The van der Waals surface area contributed by atoms with E-state index in [2.05, 4.69) is 0 Å². The monoisotopic (exact) mass is 357 g/mol. The number of pyridine rings is 1. The van der Waals surface area contributed by atoms with E-state index in [1.54, 1.807) is 23.6 Å². The third kappa shape index (κ3) is 2.23. The fourth-order valence-corrected chi connectivity index (χ4v) is 3.42. The average molecular weight is 357 g/mol. The number of aromatic nitrogens is 1. The standard InChI is InChI=1S/C19H17F2N3O2/c1-8-10(12-6-14(21)15(22)7-13(12)20)4-5-11-17(8)24(9-2-3-9)19(26)16(23)18(11)25/h4-7,9,25H,2-3,22-23H2,1H3. The van der Waals surface area contributed by atoms with Crippen molar-refractivity contribution in [1.29, 1.82) is 0 Å². The van der Waals surface area contributed by atoms with Crippen LogP contribution in [0.2, 0.25) is 0 Å². The van der Waals surface area contributed by atoms with E-state index in [9.17, 15) is 18.7 Å². The average Bonchev–Trinajstić information content (AvgIpc) is 3.42. The summed E-state index contributed by atoms with van der Waals surface area (Å²) in [5.41, 5.74) is 11.7. The highest BCUT2D eigenvalue weighted by molar-refractivity contribution is 5.96. The smallest absolute Gasteiger partial charge is 0.278 e. The highest BCUT2D eigenvalue weighted by atomic mass is 19.1. The molecule has 0 unspecified atom stereocenters. The Morgan fingerprint density at radius 1 is 1.12 bits per heavy atom. The van der Waals surface area contributed by atoms with Crippen LogP contribution in [0, 0.1) is 18.6 Å². The number of nitrogen functional groups attached to an aromatic ring is 2. The van der Waals surface area contributed by atoms with Crippen LogP contribution in [0.25, 0.3) is 22.0 Å². The molecule has 0 amide bonds. The Bertz CT molecular complexity index is 1130. The summed E-state index contributed by atoms with van der Waals surface area (Å²) in [6.07, 6.45) is 1.65. The van der Waals surface area contributed by atoms with Crippen LogP contribution in [0.3, 0.4) is 0 Å². The lowest BCUT2D eigenvalue weighted by atomic mass is 9.96. The van der Waals surface area contributed by atoms with Crippen molar-refractivity contribution in [2.75, 3.05) is 11.5 Å². The maximum absolute atomic E-state index is 14.4. The number of hydrogen-bond acceptors (Lipinski definition) is 4. The van der Waals surface area contributed by atoms with Crippen LogP contribution in [-0.2, 0) is 0 Å². The summed E-state index contributed by atoms with van der Waals surface area (Å²) in [7, 11) is 0. The summed E-state index contributed by atoms with van der Waals surface area (Å²) in [6.45, 7) is 1.71. The first-order chi connectivity index (χ1) is 12.3. The molecule has 2 aromatic carbocycles. The number of anilines is 2. The minimum absolute atomic E-state index is 0.00477. The molecule has 0 bridgehead atoms. The van der Waals surface area contributed by atoms with Crippen LogP contribution in [0.1, 0.15) is 24.4 Å². The summed E-state index contributed by atoms with van der Waals surface area (Å²) in [4.78, 5) is 12.6. The molecular weight excluding hydrogens is 340 g/mol. The molecule has 1 aromatic heterocycles. The van der Waals surface area contributed by atoms with Gasteiger partial charge in [0.05, 0.1) is 11.2 Å². The van der Waals surface area contributed by atoms with E-state index in [0.29, 0.717) is 22.0 Å². The van der Waals surface area contributed by atoms with Crippen molar-refractivity contribution < 1.29 is 13.9 Å². The van der Waals surface area contributed by atoms with Crippen molar-refractivity contribution in [1.82, 2.24) is 4.57 Å². The minimum Gasteiger partial charge on any atom is -0.505 e. The number of nitrogens with zero attached hydrogens (tertiary/aromatic N) is 1. The molecule has 1 aliphatic rings. The predicted molar refractivity (Wildman–Crippen MR) is 97.1 cm³/mol. The number of nitrogens with two attached hydrogens (primary N) is 2. The van der Waals surface area contributed by atoms with Gasteiger partial charge in [0.1, 0.15) is 17.3 Å². The lowest BCUT2D eigenvalue weighted by Gasteiger charge is -2.18. The second-order valence-electron chi connectivity index (χ2n) is 6.66. The second kappa shape index (κ2) is 5.45. The van der Waals surface area contributed by atoms with Gasteiger partial charge in [0.15, 0.2) is 5.75 Å². The molecule has 7 heteroatoms. The first kappa shape index (κ1) is 16.4. The normalized spacial score (nSPS) is 14.1. The molecule has 5 N–H and O–H groups in total. The molecule has 0 radical (unpaired) electrons. The molecule has 26 heavy (non-hydrogen) atoms. The summed E-state index contributed by atoms with van der Waals surface area (Å²) < 4.78 is 29.8. The fourth-order valence-electron chi connectivity index (χ4n) is 3.42. The van der Waals surface area contributed by atoms with Crippen molar-refractivity contribution in [3.05, 3.63) is 51.8 Å². The third-order valence-corrected chi connectivity index (χ3v) is 4.92. The Morgan fingerprint density at radius 2 is 1.81 bits per heavy atom. The quantitative estimate of drug-likeness (QED) is 0.612. The van der Waals surface area contributed by atoms with Crippen LogP contribution < -0.4 is 17.0 Å². The maximum Gasteiger partial charge on any atom is 0.278 e. The van der Waals surface area contributed by atoms with E-state index >= 15 is 0 Å². The zero-order valence-electron chi connectivity index (χ0n) is 14.0. The van der Waals surface area contributed by atoms with Gasteiger partial charge in [0.2, 0.25) is 0 Å². The molecule has 4 rings (SSSR count). The lowest BCUT2D eigenvalue weighted by Crippen LogP contribution is -2.23. The van der Waals surface area contributed by atoms with Crippen LogP contribution in [0.15, 0.2) is 29.1 Å². The number of aromatic hydroxyl groups is 1. The van der Waals surface area contributed by atoms with Gasteiger partial charge in [-0.1, -0.05) is 6.07 Å². The molecule has 0 atom stereocenters. The van der Waals surface area contributed by atoms with Gasteiger partial charge in [-0.05, 0) is 43.0 Å². The zero-order chi connectivity index (χ0) is 18.7. The number of halogens is 2. The fraction of sp³-hybridized carbons (Fsp3) is 0.211. The number of rotatable bonds is 2. The van der Waals surface area contributed by atoms with E-state index in [-0.39, 0.29) is 28.7 Å². The van der Waals surface area contributed by atoms with Crippen LogP contribution in [0.5, 0.6) is 5.75 Å². The highest BCUT2D eigenvalue weighted by Gasteiger charge is 2.29. The van der Waals surface area contributed by atoms with E-state index in [1.165, 1.54) is 0 Å². The van der Waals surface area contributed by atoms with Crippen LogP contribution >= 0.6 is 0 Å². The summed E-state index contributed by atoms with van der Waals surface area (Å²) in [6, 6.07) is 5.11. The Hall–Kier alpha value is -3.09. The first-order valence-electron chi connectivity index (χ1n) is 8.22. The zero-order valence-corrected chi connectivity index (χ0v) is 14.0. The van der Waals surface area contributed by atoms with Gasteiger partial charge in [0.25, 0.3) is 5.56 Å². The first-order valence-corrected chi connectivity index (χ1v) is 8.22. The topological polar surface area (TPSA) is 94.3 Å². The van der Waals surface area contributed by atoms with E-state index in [0.717, 1.165) is 25.0 Å². The third-order valence-electron chi connectivity index (χ3n) is 4.92. The molecule has 0 spiro atoms. The van der Waals surface area contributed by atoms with Gasteiger partial charge < -0.3 is 21.1 Å². The van der Waals surface area contributed by atoms with Gasteiger partial charge in [-0.2, -0.15) is 0 Å². The highest BCUT2D eigenvalue weighted by Crippen LogP contribution is 2.42. The molecular formula is C19H17F2N3O2. The van der Waals surface area contributed by atoms with Crippen molar-refractivity contribution in [2.24, 2.45) is 0 Å². The van der Waals surface area contributed by atoms with Gasteiger partial charge in [0, 0.05) is 23.1 Å². The largest absolute Gasteiger partial charge is 0.505 e. The summed E-state index contributed by atoms with van der Waals surface area (Å²) >= 11 is 0. The van der Waals surface area contributed by atoms with Crippen molar-refractivity contribution in [3.8, 4) is 16.9 Å². The van der Waals surface area contributed by atoms with E-state index < -0.39 is 17.2 Å². The van der Waals surface area contributed by atoms with Gasteiger partial charge in [-0.15, -0.1) is 0 Å². The van der Waals surface area contributed by atoms with Crippen molar-refractivity contribution in [2.45, 2.75) is 25.8 Å². The molecule has 1 saturated carbocycles. The van der Waals surface area contributed by atoms with Crippen molar-refractivity contribution >= 4 is 22.3 Å². The van der Waals surface area contributed by atoms with Crippen LogP contribution in [0.4, 0.5) is 20.2 Å². The molecule has 1 aliphatic carbocycles. The Balaban J connectivity index is 2.11. The predicted octanol–water partition coefficient (Wildman–Crippen LogP) is 3.46. The second-order valence-corrected chi connectivity index (χ2v) is 6.66. The lowest BCUT2D eigenvalue weighted by molar-refractivity contribution is 0.481. The van der Waals surface area contributed by atoms with Gasteiger partial charge >= 0.3 is 0 Å². The van der Waals surface area contributed by atoms with E-state index in [1.807, 2.05) is 0 Å². The van der Waals surface area contributed by atoms with Crippen molar-refractivity contribution in [3.63, 3.8) is 0 Å². The molecule has 1 fully saturated rings. The minimum atomic E-state index is -0.722. The number of aryl methyl sites for hydroxylation is 1. The number of fused-ring (bicyclic) bond motifs is 1. The molecule has 134 valence electrons. The SMILES string of the molecule is Cc1c(-c2cc(F)c(N)cc2F)ccc2c(O)c(N)c(=O)n(C3CC3)c12. The molecule has 0 aliphatic heterocycles. The van der Waals surface area contributed by atoms with Crippen LogP contribution in [-0.4, -0.2) is 9.67 Å². The maximum atomic E-state index is 14.4. The Kier molecular flexibility index (Phi) is 3.44. The van der Waals surface area contributed by atoms with Gasteiger partial charge in [-0.25, -0.2) is 8.78 Å². The summed E-state index contributed by atoms with van der Waals surface area (Å²) in [5, 5.41) is 10.7. The summed E-state index contributed by atoms with van der Waals surface area (Å²) in [5.74, 6) is -1.67. The Labute approximate surface area is 147 Å². The van der Waals surface area contributed by atoms with Gasteiger partial charge in [-0.3, -0.25) is 4.79 Å². The molecule has 0 saturated heterocycles. The van der Waals surface area contributed by atoms with E-state index in [4.69, 9.17) is 11.5 Å². The molecule has 3 aromatic rings. The molecule has 5 nitrogen and oxygen atoms in total. The Morgan fingerprint density at radius 3 is 2.46 bits per heavy atom.